The highest BCUT2D eigenvalue weighted by Gasteiger charge is 2.28. The van der Waals surface area contributed by atoms with Crippen molar-refractivity contribution in [2.75, 3.05) is 38.7 Å². The van der Waals surface area contributed by atoms with E-state index in [9.17, 15) is 18.0 Å². The highest BCUT2D eigenvalue weighted by Crippen LogP contribution is 2.28. The zero-order valence-corrected chi connectivity index (χ0v) is 20.2. The van der Waals surface area contributed by atoms with E-state index in [0.29, 0.717) is 18.9 Å². The number of nitrogens with one attached hydrogen (secondary N) is 1. The number of carbonyl (C=O) groups is 1. The Hall–Kier alpha value is -2.73. The standard InChI is InChI=1S/C22H25N3O6S2/c1-14(2)25-18-6-4-15(12-20(18)32-22(25)27)23-21(26)17-13-16(5-7-19(17)30-3)33(28,29)24-8-10-31-11-9-24/h4-7,12-14H,8-11H2,1-3H3,(H,23,26). The Morgan fingerprint density at radius 2 is 1.88 bits per heavy atom. The van der Waals surface area contributed by atoms with Gasteiger partial charge in [-0.15, -0.1) is 0 Å². The fraction of sp³-hybridized carbons (Fsp3) is 0.364. The first kappa shape index (κ1) is 23.4. The molecule has 0 saturated carbocycles. The van der Waals surface area contributed by atoms with Crippen molar-refractivity contribution in [2.45, 2.75) is 24.8 Å². The molecule has 1 aliphatic heterocycles. The summed E-state index contributed by atoms with van der Waals surface area (Å²) in [7, 11) is -2.36. The number of hydrogen-bond acceptors (Lipinski definition) is 7. The summed E-state index contributed by atoms with van der Waals surface area (Å²) in [5.41, 5.74) is 1.39. The van der Waals surface area contributed by atoms with E-state index >= 15 is 0 Å². The molecule has 4 rings (SSSR count). The van der Waals surface area contributed by atoms with Gasteiger partial charge in [-0.05, 0) is 50.2 Å². The van der Waals surface area contributed by atoms with Crippen LogP contribution in [0.5, 0.6) is 5.75 Å². The summed E-state index contributed by atoms with van der Waals surface area (Å²) < 4.78 is 40.4. The zero-order chi connectivity index (χ0) is 23.8. The number of anilines is 1. The van der Waals surface area contributed by atoms with Crippen LogP contribution in [0.4, 0.5) is 5.69 Å². The third-order valence-corrected chi connectivity index (χ3v) is 8.22. The van der Waals surface area contributed by atoms with Gasteiger partial charge in [0.2, 0.25) is 10.0 Å². The van der Waals surface area contributed by atoms with Gasteiger partial charge in [-0.25, -0.2) is 8.42 Å². The lowest BCUT2D eigenvalue weighted by atomic mass is 10.1. The fourth-order valence-electron chi connectivity index (χ4n) is 3.76. The van der Waals surface area contributed by atoms with Crippen LogP contribution in [0.3, 0.4) is 0 Å². The number of carbonyl (C=O) groups excluding carboxylic acids is 1. The summed E-state index contributed by atoms with van der Waals surface area (Å²) >= 11 is 1.11. The molecule has 0 spiro atoms. The lowest BCUT2D eigenvalue weighted by Crippen LogP contribution is -2.40. The molecule has 1 N–H and O–H groups in total. The number of nitrogens with zero attached hydrogens (tertiary/aromatic N) is 2. The fourth-order valence-corrected chi connectivity index (χ4v) is 6.25. The smallest absolute Gasteiger partial charge is 0.308 e. The van der Waals surface area contributed by atoms with Gasteiger partial charge >= 0.3 is 4.87 Å². The molecule has 1 saturated heterocycles. The Morgan fingerprint density at radius 3 is 2.55 bits per heavy atom. The third-order valence-electron chi connectivity index (χ3n) is 5.41. The lowest BCUT2D eigenvalue weighted by Gasteiger charge is -2.26. The number of morpholine rings is 1. The van der Waals surface area contributed by atoms with Gasteiger partial charge in [-0.2, -0.15) is 4.31 Å². The summed E-state index contributed by atoms with van der Waals surface area (Å²) in [6, 6.07) is 9.49. The van der Waals surface area contributed by atoms with Crippen molar-refractivity contribution >= 4 is 43.2 Å². The van der Waals surface area contributed by atoms with Gasteiger partial charge in [0.25, 0.3) is 5.91 Å². The number of benzene rings is 2. The number of aromatic nitrogens is 1. The van der Waals surface area contributed by atoms with Crippen LogP contribution < -0.4 is 14.9 Å². The van der Waals surface area contributed by atoms with Crippen molar-refractivity contribution in [3.05, 3.63) is 51.6 Å². The van der Waals surface area contributed by atoms with Crippen LogP contribution in [0.25, 0.3) is 10.2 Å². The highest BCUT2D eigenvalue weighted by atomic mass is 32.2. The average Bonchev–Trinajstić information content (AvgIpc) is 3.14. The molecular weight excluding hydrogens is 466 g/mol. The average molecular weight is 492 g/mol. The molecule has 2 heterocycles. The van der Waals surface area contributed by atoms with Gasteiger partial charge in [-0.3, -0.25) is 14.2 Å². The minimum atomic E-state index is -3.77. The predicted octanol–water partition coefficient (Wildman–Crippen LogP) is 2.93. The van der Waals surface area contributed by atoms with Crippen LogP contribution in [0, 0.1) is 0 Å². The summed E-state index contributed by atoms with van der Waals surface area (Å²) in [4.78, 5) is 25.3. The second-order valence-corrected chi connectivity index (χ2v) is 10.8. The van der Waals surface area contributed by atoms with E-state index in [1.54, 1.807) is 22.8 Å². The number of methoxy groups -OCH3 is 1. The van der Waals surface area contributed by atoms with Crippen LogP contribution in [0.2, 0.25) is 0 Å². The monoisotopic (exact) mass is 491 g/mol. The van der Waals surface area contributed by atoms with Crippen molar-refractivity contribution in [3.63, 3.8) is 0 Å². The molecule has 0 aliphatic carbocycles. The van der Waals surface area contributed by atoms with E-state index in [1.165, 1.54) is 29.6 Å². The minimum absolute atomic E-state index is 0.0121. The van der Waals surface area contributed by atoms with Gasteiger partial charge in [0.05, 0.1) is 41.0 Å². The largest absolute Gasteiger partial charge is 0.496 e. The maximum atomic E-state index is 13.1. The topological polar surface area (TPSA) is 107 Å². The number of hydrogen-bond donors (Lipinski definition) is 1. The summed E-state index contributed by atoms with van der Waals surface area (Å²) in [6.45, 7) is 5.05. The van der Waals surface area contributed by atoms with Crippen LogP contribution in [-0.2, 0) is 14.8 Å². The highest BCUT2D eigenvalue weighted by molar-refractivity contribution is 7.89. The quantitative estimate of drug-likeness (QED) is 0.568. The molecule has 9 nitrogen and oxygen atoms in total. The molecule has 0 unspecified atom stereocenters. The van der Waals surface area contributed by atoms with Crippen LogP contribution in [0.1, 0.15) is 30.2 Å². The molecule has 0 atom stereocenters. The Balaban J connectivity index is 1.65. The molecule has 1 amide bonds. The molecular formula is C22H25N3O6S2. The Labute approximate surface area is 195 Å². The first-order chi connectivity index (χ1) is 15.7. The van der Waals surface area contributed by atoms with E-state index in [0.717, 1.165) is 21.6 Å². The lowest BCUT2D eigenvalue weighted by molar-refractivity contribution is 0.0730. The van der Waals surface area contributed by atoms with E-state index in [1.807, 2.05) is 13.8 Å². The molecule has 176 valence electrons. The first-order valence-corrected chi connectivity index (χ1v) is 12.7. The van der Waals surface area contributed by atoms with E-state index in [4.69, 9.17) is 9.47 Å². The maximum absolute atomic E-state index is 13.1. The second kappa shape index (κ2) is 9.26. The normalized spacial score (nSPS) is 15.2. The van der Waals surface area contributed by atoms with Crippen LogP contribution in [0.15, 0.2) is 46.1 Å². The van der Waals surface area contributed by atoms with E-state index < -0.39 is 15.9 Å². The van der Waals surface area contributed by atoms with Crippen molar-refractivity contribution in [2.24, 2.45) is 0 Å². The number of amides is 1. The van der Waals surface area contributed by atoms with Gasteiger partial charge < -0.3 is 14.8 Å². The summed E-state index contributed by atoms with van der Waals surface area (Å²) in [5, 5.41) is 2.79. The van der Waals surface area contributed by atoms with Gasteiger partial charge in [-0.1, -0.05) is 11.3 Å². The molecule has 1 aromatic heterocycles. The molecule has 33 heavy (non-hydrogen) atoms. The SMILES string of the molecule is COc1ccc(S(=O)(=O)N2CCOCC2)cc1C(=O)Nc1ccc2c(c1)sc(=O)n2C(C)C. The minimum Gasteiger partial charge on any atom is -0.496 e. The molecule has 0 bridgehead atoms. The summed E-state index contributed by atoms with van der Waals surface area (Å²) in [6.07, 6.45) is 0. The third kappa shape index (κ3) is 4.54. The molecule has 11 heteroatoms. The molecule has 2 aromatic carbocycles. The number of sulfonamides is 1. The van der Waals surface area contributed by atoms with E-state index in [2.05, 4.69) is 5.32 Å². The van der Waals surface area contributed by atoms with Crippen LogP contribution in [-0.4, -0.2) is 56.6 Å². The van der Waals surface area contributed by atoms with Gasteiger partial charge in [0.1, 0.15) is 5.75 Å². The van der Waals surface area contributed by atoms with Crippen LogP contribution >= 0.6 is 11.3 Å². The van der Waals surface area contributed by atoms with Crippen molar-refractivity contribution in [1.82, 2.24) is 8.87 Å². The van der Waals surface area contributed by atoms with Gasteiger partial charge in [0.15, 0.2) is 0 Å². The predicted molar refractivity (Wildman–Crippen MR) is 127 cm³/mol. The molecule has 1 fully saturated rings. The van der Waals surface area contributed by atoms with Crippen molar-refractivity contribution in [1.29, 1.82) is 0 Å². The van der Waals surface area contributed by atoms with Crippen molar-refractivity contribution in [3.8, 4) is 5.75 Å². The maximum Gasteiger partial charge on any atom is 0.308 e. The number of ether oxygens (including phenoxy) is 2. The van der Waals surface area contributed by atoms with Gasteiger partial charge in [0, 0.05) is 24.8 Å². The van der Waals surface area contributed by atoms with E-state index in [-0.39, 0.29) is 40.2 Å². The number of rotatable bonds is 6. The Bertz CT molecular complexity index is 1350. The first-order valence-electron chi connectivity index (χ1n) is 10.4. The molecule has 0 radical (unpaired) electrons. The number of fused-ring (bicyclic) bond motifs is 1. The second-order valence-electron chi connectivity index (χ2n) is 7.85. The van der Waals surface area contributed by atoms with Crippen molar-refractivity contribution < 1.29 is 22.7 Å². The number of thiazole rings is 1. The molecule has 3 aromatic rings. The summed E-state index contributed by atoms with van der Waals surface area (Å²) in [5.74, 6) is -0.258. The zero-order valence-electron chi connectivity index (χ0n) is 18.5. The Kier molecular flexibility index (Phi) is 6.57. The molecule has 1 aliphatic rings. The Morgan fingerprint density at radius 1 is 1.15 bits per heavy atom.